The molecule has 2 unspecified atom stereocenters. The molecule has 1 aromatic rings. The standard InChI is InChI=1S/C13H12N2O4/c16-11-7-4-5-8(6-7)12(17)15(11)10-3-1-2-9(14-10)13(18)19/h1-3,7-8H,4-6H2,(H,18,19). The van der Waals surface area contributed by atoms with Crippen LogP contribution in [0.25, 0.3) is 0 Å². The summed E-state index contributed by atoms with van der Waals surface area (Å²) in [4.78, 5) is 40.2. The van der Waals surface area contributed by atoms with Crippen molar-refractivity contribution in [1.82, 2.24) is 4.98 Å². The fraction of sp³-hybridized carbons (Fsp3) is 0.385. The Hall–Kier alpha value is -2.24. The molecule has 2 atom stereocenters. The number of aromatic carboxylic acids is 1. The number of nitrogens with zero attached hydrogens (tertiary/aromatic N) is 2. The number of amides is 2. The Morgan fingerprint density at radius 2 is 1.84 bits per heavy atom. The smallest absolute Gasteiger partial charge is 0.354 e. The molecule has 98 valence electrons. The van der Waals surface area contributed by atoms with Crippen LogP contribution in [0.5, 0.6) is 0 Å². The maximum absolute atomic E-state index is 12.2. The summed E-state index contributed by atoms with van der Waals surface area (Å²) in [5.74, 6) is -1.83. The largest absolute Gasteiger partial charge is 0.477 e. The lowest BCUT2D eigenvalue weighted by molar-refractivity contribution is -0.133. The normalized spacial score (nSPS) is 25.8. The minimum absolute atomic E-state index is 0.117. The molecule has 2 fully saturated rings. The highest BCUT2D eigenvalue weighted by Gasteiger charge is 2.46. The summed E-state index contributed by atoms with van der Waals surface area (Å²) >= 11 is 0. The van der Waals surface area contributed by atoms with Gasteiger partial charge in [0.05, 0.1) is 0 Å². The van der Waals surface area contributed by atoms with Crippen LogP contribution in [0.15, 0.2) is 18.2 Å². The molecule has 3 rings (SSSR count). The molecule has 6 heteroatoms. The number of hydrogen-bond acceptors (Lipinski definition) is 4. The van der Waals surface area contributed by atoms with Gasteiger partial charge >= 0.3 is 5.97 Å². The Balaban J connectivity index is 2.01. The van der Waals surface area contributed by atoms with Gasteiger partial charge in [-0.15, -0.1) is 0 Å². The molecule has 19 heavy (non-hydrogen) atoms. The fourth-order valence-electron chi connectivity index (χ4n) is 2.80. The summed E-state index contributed by atoms with van der Waals surface area (Å²) in [5.41, 5.74) is -0.170. The van der Waals surface area contributed by atoms with Crippen LogP contribution in [0, 0.1) is 11.8 Å². The van der Waals surface area contributed by atoms with E-state index in [-0.39, 0.29) is 35.2 Å². The predicted octanol–water partition coefficient (Wildman–Crippen LogP) is 1.07. The minimum Gasteiger partial charge on any atom is -0.477 e. The van der Waals surface area contributed by atoms with Gasteiger partial charge in [0, 0.05) is 11.8 Å². The summed E-state index contributed by atoms with van der Waals surface area (Å²) in [6.45, 7) is 0. The van der Waals surface area contributed by atoms with Gasteiger partial charge in [0.1, 0.15) is 5.82 Å². The molecule has 2 aliphatic rings. The van der Waals surface area contributed by atoms with Crippen molar-refractivity contribution in [3.8, 4) is 0 Å². The first-order valence-corrected chi connectivity index (χ1v) is 6.16. The lowest BCUT2D eigenvalue weighted by Gasteiger charge is -2.28. The highest BCUT2D eigenvalue weighted by atomic mass is 16.4. The molecular weight excluding hydrogens is 248 g/mol. The van der Waals surface area contributed by atoms with Gasteiger partial charge in [-0.05, 0) is 31.4 Å². The third kappa shape index (κ3) is 1.80. The second-order valence-corrected chi connectivity index (χ2v) is 4.90. The quantitative estimate of drug-likeness (QED) is 0.803. The predicted molar refractivity (Wildman–Crippen MR) is 64.5 cm³/mol. The molecule has 0 spiro atoms. The Kier molecular flexibility index (Phi) is 2.58. The Labute approximate surface area is 109 Å². The molecule has 0 aromatic carbocycles. The maximum Gasteiger partial charge on any atom is 0.354 e. The summed E-state index contributed by atoms with van der Waals surface area (Å²) in [6, 6.07) is 4.31. The van der Waals surface area contributed by atoms with Crippen LogP contribution in [0.4, 0.5) is 5.82 Å². The van der Waals surface area contributed by atoms with E-state index >= 15 is 0 Å². The molecule has 1 aromatic heterocycles. The van der Waals surface area contributed by atoms with Crippen LogP contribution in [0.1, 0.15) is 29.8 Å². The van der Waals surface area contributed by atoms with Crippen molar-refractivity contribution in [2.75, 3.05) is 4.90 Å². The van der Waals surface area contributed by atoms with E-state index in [2.05, 4.69) is 4.98 Å². The van der Waals surface area contributed by atoms with Crippen molar-refractivity contribution >= 4 is 23.6 Å². The van der Waals surface area contributed by atoms with Crippen LogP contribution in [0.2, 0.25) is 0 Å². The van der Waals surface area contributed by atoms with Gasteiger partial charge in [-0.25, -0.2) is 14.7 Å². The zero-order chi connectivity index (χ0) is 13.6. The molecule has 1 saturated carbocycles. The van der Waals surface area contributed by atoms with Crippen LogP contribution in [-0.4, -0.2) is 27.9 Å². The molecule has 6 nitrogen and oxygen atoms in total. The number of hydrogen-bond donors (Lipinski definition) is 1. The summed E-state index contributed by atoms with van der Waals surface area (Å²) in [7, 11) is 0. The monoisotopic (exact) mass is 260 g/mol. The average Bonchev–Trinajstić information content (AvgIpc) is 2.84. The highest BCUT2D eigenvalue weighted by molar-refractivity contribution is 6.18. The molecule has 1 aliphatic heterocycles. The average molecular weight is 260 g/mol. The molecule has 1 saturated heterocycles. The first-order valence-electron chi connectivity index (χ1n) is 6.16. The number of pyridine rings is 1. The second-order valence-electron chi connectivity index (χ2n) is 4.90. The maximum atomic E-state index is 12.2. The van der Waals surface area contributed by atoms with Gasteiger partial charge in [-0.2, -0.15) is 0 Å². The van der Waals surface area contributed by atoms with E-state index in [1.165, 1.54) is 18.2 Å². The van der Waals surface area contributed by atoms with Crippen molar-refractivity contribution in [2.24, 2.45) is 11.8 Å². The van der Waals surface area contributed by atoms with Crippen molar-refractivity contribution in [1.29, 1.82) is 0 Å². The Morgan fingerprint density at radius 1 is 1.21 bits per heavy atom. The van der Waals surface area contributed by atoms with Crippen LogP contribution in [0.3, 0.4) is 0 Å². The number of rotatable bonds is 2. The minimum atomic E-state index is -1.18. The van der Waals surface area contributed by atoms with E-state index < -0.39 is 5.97 Å². The number of carboxylic acids is 1. The molecule has 2 heterocycles. The Morgan fingerprint density at radius 3 is 2.42 bits per heavy atom. The first kappa shape index (κ1) is 11.8. The molecule has 0 radical (unpaired) electrons. The van der Waals surface area contributed by atoms with Gasteiger partial charge in [-0.3, -0.25) is 9.59 Å². The van der Waals surface area contributed by atoms with E-state index in [4.69, 9.17) is 5.11 Å². The van der Waals surface area contributed by atoms with Crippen LogP contribution < -0.4 is 4.90 Å². The number of aromatic nitrogens is 1. The first-order chi connectivity index (χ1) is 9.08. The third-order valence-corrected chi connectivity index (χ3v) is 3.75. The molecule has 1 aliphatic carbocycles. The van der Waals surface area contributed by atoms with Crippen molar-refractivity contribution in [3.05, 3.63) is 23.9 Å². The van der Waals surface area contributed by atoms with E-state index in [1.807, 2.05) is 0 Å². The number of carboxylic acid groups (broad SMARTS) is 1. The number of fused-ring (bicyclic) bond motifs is 2. The van der Waals surface area contributed by atoms with Crippen molar-refractivity contribution in [2.45, 2.75) is 19.3 Å². The third-order valence-electron chi connectivity index (χ3n) is 3.75. The number of carbonyl (C=O) groups excluding carboxylic acids is 2. The molecular formula is C13H12N2O4. The number of piperidine rings is 1. The van der Waals surface area contributed by atoms with Crippen molar-refractivity contribution in [3.63, 3.8) is 0 Å². The molecule has 2 amide bonds. The lowest BCUT2D eigenvalue weighted by atomic mass is 9.97. The van der Waals surface area contributed by atoms with Crippen molar-refractivity contribution < 1.29 is 19.5 Å². The topological polar surface area (TPSA) is 87.6 Å². The zero-order valence-corrected chi connectivity index (χ0v) is 10.1. The number of anilines is 1. The van der Waals surface area contributed by atoms with Gasteiger partial charge < -0.3 is 5.11 Å². The van der Waals surface area contributed by atoms with Crippen LogP contribution >= 0.6 is 0 Å². The lowest BCUT2D eigenvalue weighted by Crippen LogP contribution is -2.47. The van der Waals surface area contributed by atoms with Gasteiger partial charge in [0.2, 0.25) is 11.8 Å². The van der Waals surface area contributed by atoms with Gasteiger partial charge in [0.25, 0.3) is 0 Å². The van der Waals surface area contributed by atoms with Gasteiger partial charge in [-0.1, -0.05) is 6.07 Å². The van der Waals surface area contributed by atoms with E-state index in [0.717, 1.165) is 17.7 Å². The fourth-order valence-corrected chi connectivity index (χ4v) is 2.80. The molecule has 1 N–H and O–H groups in total. The summed E-state index contributed by atoms with van der Waals surface area (Å²) in [5, 5.41) is 8.90. The second kappa shape index (κ2) is 4.15. The molecule has 2 bridgehead atoms. The van der Waals surface area contributed by atoms with E-state index in [1.54, 1.807) is 0 Å². The SMILES string of the molecule is O=C(O)c1cccc(N2C(=O)C3CCC(C3)C2=O)n1. The summed E-state index contributed by atoms with van der Waals surface area (Å²) < 4.78 is 0. The number of carbonyl (C=O) groups is 3. The van der Waals surface area contributed by atoms with Gasteiger partial charge in [0.15, 0.2) is 5.69 Å². The van der Waals surface area contributed by atoms with Crippen LogP contribution in [-0.2, 0) is 9.59 Å². The van der Waals surface area contributed by atoms with E-state index in [9.17, 15) is 14.4 Å². The number of imide groups is 1. The van der Waals surface area contributed by atoms with E-state index in [0.29, 0.717) is 6.42 Å². The zero-order valence-electron chi connectivity index (χ0n) is 10.1. The Bertz CT molecular complexity index is 562. The summed E-state index contributed by atoms with van der Waals surface area (Å²) in [6.07, 6.45) is 2.07. The highest BCUT2D eigenvalue weighted by Crippen LogP contribution is 2.39.